The third kappa shape index (κ3) is 3.88. The van der Waals surface area contributed by atoms with E-state index in [-0.39, 0.29) is 22.9 Å². The Bertz CT molecular complexity index is 749. The first kappa shape index (κ1) is 16.5. The van der Waals surface area contributed by atoms with E-state index in [1.807, 2.05) is 0 Å². The highest BCUT2D eigenvalue weighted by Gasteiger charge is 2.17. The van der Waals surface area contributed by atoms with Crippen molar-refractivity contribution in [2.75, 3.05) is 0 Å². The Balaban J connectivity index is 2.12. The Hall–Kier alpha value is -1.82. The summed E-state index contributed by atoms with van der Waals surface area (Å²) < 4.78 is 5.08. The number of carbonyl (C=O) groups is 1. The molecule has 2 rings (SSSR count). The smallest absolute Gasteiger partial charge is 0.338 e. The zero-order chi connectivity index (χ0) is 16.3. The molecule has 0 aliphatic heterocycles. The van der Waals surface area contributed by atoms with E-state index in [9.17, 15) is 14.9 Å². The van der Waals surface area contributed by atoms with Gasteiger partial charge in [-0.1, -0.05) is 40.9 Å². The van der Waals surface area contributed by atoms with Gasteiger partial charge in [0, 0.05) is 21.7 Å². The van der Waals surface area contributed by atoms with Gasteiger partial charge < -0.3 is 4.74 Å². The molecule has 0 N–H and O–H groups in total. The maximum Gasteiger partial charge on any atom is 0.338 e. The molecule has 0 bridgehead atoms. The van der Waals surface area contributed by atoms with Gasteiger partial charge in [-0.05, 0) is 24.3 Å². The minimum Gasteiger partial charge on any atom is -0.457 e. The second-order valence-corrected chi connectivity index (χ2v) is 5.49. The van der Waals surface area contributed by atoms with Gasteiger partial charge in [-0.25, -0.2) is 4.79 Å². The fourth-order valence-electron chi connectivity index (χ4n) is 1.64. The first-order chi connectivity index (χ1) is 10.4. The van der Waals surface area contributed by atoms with Gasteiger partial charge >= 0.3 is 5.97 Å². The Morgan fingerprint density at radius 2 is 1.82 bits per heavy atom. The highest BCUT2D eigenvalue weighted by atomic mass is 35.5. The van der Waals surface area contributed by atoms with E-state index in [0.29, 0.717) is 15.6 Å². The summed E-state index contributed by atoms with van der Waals surface area (Å²) in [4.78, 5) is 22.0. The molecule has 0 aromatic heterocycles. The summed E-state index contributed by atoms with van der Waals surface area (Å²) in [5, 5.41) is 11.6. The van der Waals surface area contributed by atoms with Crippen LogP contribution >= 0.6 is 34.8 Å². The van der Waals surface area contributed by atoms with Crippen molar-refractivity contribution in [3.8, 4) is 0 Å². The molecule has 0 heterocycles. The number of carbonyl (C=O) groups excluding carboxylic acids is 1. The van der Waals surface area contributed by atoms with Crippen LogP contribution in [0.5, 0.6) is 0 Å². The largest absolute Gasteiger partial charge is 0.457 e. The van der Waals surface area contributed by atoms with E-state index in [1.54, 1.807) is 12.1 Å². The second-order valence-electron chi connectivity index (χ2n) is 4.24. The SMILES string of the molecule is O=C(OCc1ccc(Cl)cc1Cl)c1ccc(Cl)c([N+](=O)[O-])c1. The van der Waals surface area contributed by atoms with Gasteiger partial charge in [-0.3, -0.25) is 10.1 Å². The molecule has 0 saturated carbocycles. The van der Waals surface area contributed by atoms with Gasteiger partial charge in [0.05, 0.1) is 10.5 Å². The molecule has 0 atom stereocenters. The van der Waals surface area contributed by atoms with Gasteiger partial charge in [0.1, 0.15) is 11.6 Å². The van der Waals surface area contributed by atoms with Crippen LogP contribution in [0.15, 0.2) is 36.4 Å². The molecule has 2 aromatic carbocycles. The highest BCUT2D eigenvalue weighted by Crippen LogP contribution is 2.26. The molecule has 0 amide bonds. The molecule has 0 radical (unpaired) electrons. The Labute approximate surface area is 140 Å². The van der Waals surface area contributed by atoms with Crippen molar-refractivity contribution in [1.29, 1.82) is 0 Å². The molecule has 0 unspecified atom stereocenters. The van der Waals surface area contributed by atoms with E-state index in [0.717, 1.165) is 6.07 Å². The van der Waals surface area contributed by atoms with Crippen LogP contribution in [0, 0.1) is 10.1 Å². The van der Waals surface area contributed by atoms with E-state index < -0.39 is 10.9 Å². The number of hydrogen-bond acceptors (Lipinski definition) is 4. The van der Waals surface area contributed by atoms with Crippen LogP contribution in [0.25, 0.3) is 0 Å². The van der Waals surface area contributed by atoms with E-state index in [1.165, 1.54) is 18.2 Å². The fraction of sp³-hybridized carbons (Fsp3) is 0.0714. The molecular weight excluding hydrogens is 353 g/mol. The van der Waals surface area contributed by atoms with Crippen LogP contribution in [-0.2, 0) is 11.3 Å². The first-order valence-electron chi connectivity index (χ1n) is 5.93. The van der Waals surface area contributed by atoms with Crippen LogP contribution < -0.4 is 0 Å². The second kappa shape index (κ2) is 6.96. The molecular formula is C14H8Cl3NO4. The Morgan fingerprint density at radius 1 is 1.09 bits per heavy atom. The number of nitro groups is 1. The molecule has 0 aliphatic carbocycles. The molecule has 0 fully saturated rings. The normalized spacial score (nSPS) is 10.3. The average molecular weight is 361 g/mol. The number of benzene rings is 2. The van der Waals surface area contributed by atoms with Gasteiger partial charge in [0.15, 0.2) is 0 Å². The van der Waals surface area contributed by atoms with Crippen LogP contribution in [0.4, 0.5) is 5.69 Å². The molecule has 0 spiro atoms. The van der Waals surface area contributed by atoms with Crippen LogP contribution in [0.1, 0.15) is 15.9 Å². The molecule has 2 aromatic rings. The Kier molecular flexibility index (Phi) is 5.24. The van der Waals surface area contributed by atoms with Gasteiger partial charge in [0.25, 0.3) is 5.69 Å². The topological polar surface area (TPSA) is 69.4 Å². The molecule has 0 aliphatic rings. The summed E-state index contributed by atoms with van der Waals surface area (Å²) in [5.74, 6) is -0.717. The molecule has 114 valence electrons. The minimum atomic E-state index is -0.717. The number of nitrogens with zero attached hydrogens (tertiary/aromatic N) is 1. The fourth-order valence-corrected chi connectivity index (χ4v) is 2.29. The number of esters is 1. The number of ether oxygens (including phenoxy) is 1. The minimum absolute atomic E-state index is 0.0289. The van der Waals surface area contributed by atoms with Crippen LogP contribution in [0.3, 0.4) is 0 Å². The summed E-state index contributed by atoms with van der Waals surface area (Å²) in [6, 6.07) is 8.45. The predicted molar refractivity (Wildman–Crippen MR) is 83.7 cm³/mol. The quantitative estimate of drug-likeness (QED) is 0.441. The monoisotopic (exact) mass is 359 g/mol. The van der Waals surface area contributed by atoms with Crippen molar-refractivity contribution in [2.45, 2.75) is 6.61 Å². The Morgan fingerprint density at radius 3 is 2.45 bits per heavy atom. The molecule has 5 nitrogen and oxygen atoms in total. The first-order valence-corrected chi connectivity index (χ1v) is 7.07. The van der Waals surface area contributed by atoms with E-state index in [2.05, 4.69) is 0 Å². The van der Waals surface area contributed by atoms with Gasteiger partial charge in [-0.2, -0.15) is 0 Å². The summed E-state index contributed by atoms with van der Waals surface area (Å²) in [6.45, 7) is -0.0781. The van der Waals surface area contributed by atoms with E-state index >= 15 is 0 Å². The summed E-state index contributed by atoms with van der Waals surface area (Å²) in [7, 11) is 0. The lowest BCUT2D eigenvalue weighted by Gasteiger charge is -2.07. The van der Waals surface area contributed by atoms with Crippen molar-refractivity contribution < 1.29 is 14.5 Å². The maximum absolute atomic E-state index is 11.9. The summed E-state index contributed by atoms with van der Waals surface area (Å²) in [5.41, 5.74) is 0.240. The van der Waals surface area contributed by atoms with Crippen LogP contribution in [-0.4, -0.2) is 10.9 Å². The third-order valence-corrected chi connectivity index (χ3v) is 3.66. The number of hydrogen-bond donors (Lipinski definition) is 0. The third-order valence-electron chi connectivity index (χ3n) is 2.75. The summed E-state index contributed by atoms with van der Waals surface area (Å²) >= 11 is 17.4. The van der Waals surface area contributed by atoms with Gasteiger partial charge in [0.2, 0.25) is 0 Å². The lowest BCUT2D eigenvalue weighted by atomic mass is 10.2. The number of nitro benzene ring substituents is 1. The highest BCUT2D eigenvalue weighted by molar-refractivity contribution is 6.35. The van der Waals surface area contributed by atoms with Crippen molar-refractivity contribution in [2.24, 2.45) is 0 Å². The van der Waals surface area contributed by atoms with Crippen molar-refractivity contribution in [3.05, 3.63) is 72.7 Å². The summed E-state index contributed by atoms with van der Waals surface area (Å²) in [6.07, 6.45) is 0. The number of rotatable bonds is 4. The van der Waals surface area contributed by atoms with Crippen molar-refractivity contribution >= 4 is 46.5 Å². The van der Waals surface area contributed by atoms with Crippen LogP contribution in [0.2, 0.25) is 15.1 Å². The van der Waals surface area contributed by atoms with E-state index in [4.69, 9.17) is 39.5 Å². The standard InChI is InChI=1S/C14H8Cl3NO4/c15-10-3-1-9(12(17)6-10)7-22-14(19)8-2-4-11(16)13(5-8)18(20)21/h1-6H,7H2. The lowest BCUT2D eigenvalue weighted by Crippen LogP contribution is -2.06. The molecule has 8 heteroatoms. The van der Waals surface area contributed by atoms with Gasteiger partial charge in [-0.15, -0.1) is 0 Å². The maximum atomic E-state index is 11.9. The molecule has 22 heavy (non-hydrogen) atoms. The zero-order valence-electron chi connectivity index (χ0n) is 10.9. The lowest BCUT2D eigenvalue weighted by molar-refractivity contribution is -0.384. The average Bonchev–Trinajstić information content (AvgIpc) is 2.46. The van der Waals surface area contributed by atoms with Crippen molar-refractivity contribution in [1.82, 2.24) is 0 Å². The molecule has 0 saturated heterocycles. The van der Waals surface area contributed by atoms with Crippen molar-refractivity contribution in [3.63, 3.8) is 0 Å². The zero-order valence-corrected chi connectivity index (χ0v) is 13.2. The number of halogens is 3. The predicted octanol–water partition coefficient (Wildman–Crippen LogP) is 4.91.